The van der Waals surface area contributed by atoms with Gasteiger partial charge < -0.3 is 19.4 Å². The van der Waals surface area contributed by atoms with E-state index in [4.69, 9.17) is 9.47 Å². The first-order chi connectivity index (χ1) is 10.2. The van der Waals surface area contributed by atoms with Crippen LogP contribution in [0.5, 0.6) is 5.75 Å². The number of benzene rings is 1. The topological polar surface area (TPSA) is 61.2 Å². The Morgan fingerprint density at radius 2 is 2.24 bits per heavy atom. The summed E-state index contributed by atoms with van der Waals surface area (Å²) in [5, 5.41) is 11.1. The van der Waals surface area contributed by atoms with Gasteiger partial charge in [0.1, 0.15) is 18.7 Å². The summed E-state index contributed by atoms with van der Waals surface area (Å²) in [5.74, 6) is 1.60. The minimum atomic E-state index is 0.397. The van der Waals surface area contributed by atoms with Crippen LogP contribution in [-0.2, 0) is 24.9 Å². The summed E-state index contributed by atoms with van der Waals surface area (Å²) in [6.45, 7) is 2.66. The number of methoxy groups -OCH3 is 1. The first kappa shape index (κ1) is 15.9. The quantitative estimate of drug-likeness (QED) is 0.733. The van der Waals surface area contributed by atoms with E-state index < -0.39 is 0 Å². The Morgan fingerprint density at radius 3 is 2.95 bits per heavy atom. The first-order valence-electron chi connectivity index (χ1n) is 6.64. The first-order valence-corrected chi connectivity index (χ1v) is 7.43. The van der Waals surface area contributed by atoms with Crippen molar-refractivity contribution in [2.75, 3.05) is 20.3 Å². The van der Waals surface area contributed by atoms with Crippen LogP contribution in [0.1, 0.15) is 11.4 Å². The Morgan fingerprint density at radius 1 is 1.38 bits per heavy atom. The van der Waals surface area contributed by atoms with Gasteiger partial charge in [-0.05, 0) is 23.8 Å². The standard InChI is InChI=1S/C14H19BrN4O2/c1-19-10-17-18-14(19)9-21-12-3-4-13(15)11(7-12)8-16-5-6-20-2/h3-4,7,10,16H,5-6,8-9H2,1-2H3. The second kappa shape index (κ2) is 8.11. The number of rotatable bonds is 8. The van der Waals surface area contributed by atoms with Crippen molar-refractivity contribution in [2.45, 2.75) is 13.2 Å². The third-order valence-corrected chi connectivity index (χ3v) is 3.76. The summed E-state index contributed by atoms with van der Waals surface area (Å²) in [6, 6.07) is 5.93. The maximum absolute atomic E-state index is 5.76. The molecule has 0 aliphatic heterocycles. The van der Waals surface area contributed by atoms with E-state index in [2.05, 4.69) is 31.4 Å². The molecule has 0 unspecified atom stereocenters. The summed E-state index contributed by atoms with van der Waals surface area (Å²) in [4.78, 5) is 0. The van der Waals surface area contributed by atoms with Gasteiger partial charge >= 0.3 is 0 Å². The molecule has 7 heteroatoms. The normalized spacial score (nSPS) is 10.8. The lowest BCUT2D eigenvalue weighted by molar-refractivity contribution is 0.199. The van der Waals surface area contributed by atoms with Gasteiger partial charge in [0.2, 0.25) is 0 Å². The molecule has 0 saturated heterocycles. The van der Waals surface area contributed by atoms with Crippen LogP contribution in [0.4, 0.5) is 0 Å². The molecule has 0 fully saturated rings. The Kier molecular flexibility index (Phi) is 6.16. The highest BCUT2D eigenvalue weighted by molar-refractivity contribution is 9.10. The number of nitrogens with zero attached hydrogens (tertiary/aromatic N) is 3. The highest BCUT2D eigenvalue weighted by Gasteiger charge is 2.05. The highest BCUT2D eigenvalue weighted by atomic mass is 79.9. The second-order valence-corrected chi connectivity index (χ2v) is 5.42. The second-order valence-electron chi connectivity index (χ2n) is 4.57. The predicted molar refractivity (Wildman–Crippen MR) is 83.1 cm³/mol. The zero-order chi connectivity index (χ0) is 15.1. The molecule has 21 heavy (non-hydrogen) atoms. The van der Waals surface area contributed by atoms with E-state index in [-0.39, 0.29) is 0 Å². The molecule has 0 aliphatic carbocycles. The number of nitrogens with one attached hydrogen (secondary N) is 1. The van der Waals surface area contributed by atoms with E-state index in [0.717, 1.165) is 34.7 Å². The van der Waals surface area contributed by atoms with Crippen LogP contribution in [0, 0.1) is 0 Å². The molecule has 1 N–H and O–H groups in total. The molecule has 0 amide bonds. The summed E-state index contributed by atoms with van der Waals surface area (Å²) in [7, 11) is 3.59. The van der Waals surface area contributed by atoms with E-state index in [9.17, 15) is 0 Å². The van der Waals surface area contributed by atoms with Crippen molar-refractivity contribution >= 4 is 15.9 Å². The molecule has 6 nitrogen and oxygen atoms in total. The van der Waals surface area contributed by atoms with Crippen molar-refractivity contribution in [2.24, 2.45) is 7.05 Å². The van der Waals surface area contributed by atoms with Gasteiger partial charge in [-0.25, -0.2) is 0 Å². The van der Waals surface area contributed by atoms with Gasteiger partial charge in [0.15, 0.2) is 5.82 Å². The molecular weight excluding hydrogens is 336 g/mol. The number of hydrogen-bond acceptors (Lipinski definition) is 5. The summed E-state index contributed by atoms with van der Waals surface area (Å²) >= 11 is 3.55. The van der Waals surface area contributed by atoms with E-state index in [1.165, 1.54) is 0 Å². The molecule has 1 aromatic carbocycles. The molecule has 1 heterocycles. The molecule has 0 bridgehead atoms. The van der Waals surface area contributed by atoms with Crippen molar-refractivity contribution in [1.82, 2.24) is 20.1 Å². The van der Waals surface area contributed by atoms with Crippen molar-refractivity contribution in [1.29, 1.82) is 0 Å². The van der Waals surface area contributed by atoms with Crippen LogP contribution in [0.15, 0.2) is 29.0 Å². The van der Waals surface area contributed by atoms with Crippen LogP contribution >= 0.6 is 15.9 Å². The van der Waals surface area contributed by atoms with Crippen molar-refractivity contribution in [3.8, 4) is 5.75 Å². The van der Waals surface area contributed by atoms with E-state index >= 15 is 0 Å². The van der Waals surface area contributed by atoms with Gasteiger partial charge in [-0.1, -0.05) is 15.9 Å². The lowest BCUT2D eigenvalue weighted by atomic mass is 10.2. The molecule has 2 rings (SSSR count). The van der Waals surface area contributed by atoms with Crippen molar-refractivity contribution < 1.29 is 9.47 Å². The van der Waals surface area contributed by atoms with E-state index in [0.29, 0.717) is 13.2 Å². The fourth-order valence-electron chi connectivity index (χ4n) is 1.76. The largest absolute Gasteiger partial charge is 0.486 e. The lowest BCUT2D eigenvalue weighted by Gasteiger charge is -2.10. The maximum atomic E-state index is 5.76. The Bertz CT molecular complexity index is 574. The Balaban J connectivity index is 1.93. The van der Waals surface area contributed by atoms with Crippen molar-refractivity contribution in [3.05, 3.63) is 40.4 Å². The zero-order valence-electron chi connectivity index (χ0n) is 12.2. The molecule has 1 aromatic heterocycles. The summed E-state index contributed by atoms with van der Waals surface area (Å²) in [5.41, 5.74) is 1.14. The fourth-order valence-corrected chi connectivity index (χ4v) is 2.15. The highest BCUT2D eigenvalue weighted by Crippen LogP contribution is 2.23. The number of aromatic nitrogens is 3. The Labute approximate surface area is 132 Å². The molecule has 0 saturated carbocycles. The summed E-state index contributed by atoms with van der Waals surface area (Å²) in [6.07, 6.45) is 1.66. The minimum absolute atomic E-state index is 0.397. The molecule has 0 atom stereocenters. The molecule has 2 aromatic rings. The fraction of sp³-hybridized carbons (Fsp3) is 0.429. The van der Waals surface area contributed by atoms with Gasteiger partial charge in [-0.3, -0.25) is 0 Å². The molecular formula is C14H19BrN4O2. The molecule has 0 aliphatic rings. The van der Waals surface area contributed by atoms with Crippen LogP contribution < -0.4 is 10.1 Å². The third-order valence-electron chi connectivity index (χ3n) is 2.99. The van der Waals surface area contributed by atoms with Gasteiger partial charge in [0, 0.05) is 31.7 Å². The van der Waals surface area contributed by atoms with E-state index in [1.807, 2.05) is 29.8 Å². The van der Waals surface area contributed by atoms with E-state index in [1.54, 1.807) is 13.4 Å². The van der Waals surface area contributed by atoms with Gasteiger partial charge in [0.25, 0.3) is 0 Å². The van der Waals surface area contributed by atoms with Gasteiger partial charge in [-0.15, -0.1) is 10.2 Å². The summed E-state index contributed by atoms with van der Waals surface area (Å²) < 4.78 is 13.7. The monoisotopic (exact) mass is 354 g/mol. The maximum Gasteiger partial charge on any atom is 0.170 e. The number of halogens is 1. The molecule has 0 radical (unpaired) electrons. The van der Waals surface area contributed by atoms with Gasteiger partial charge in [0.05, 0.1) is 6.61 Å². The van der Waals surface area contributed by atoms with Crippen molar-refractivity contribution in [3.63, 3.8) is 0 Å². The smallest absolute Gasteiger partial charge is 0.170 e. The SMILES string of the molecule is COCCNCc1cc(OCc2nncn2C)ccc1Br. The average Bonchev–Trinajstić information content (AvgIpc) is 2.89. The van der Waals surface area contributed by atoms with Crippen LogP contribution in [-0.4, -0.2) is 35.0 Å². The lowest BCUT2D eigenvalue weighted by Crippen LogP contribution is -2.18. The molecule has 0 spiro atoms. The van der Waals surface area contributed by atoms with Crippen LogP contribution in [0.2, 0.25) is 0 Å². The third kappa shape index (κ3) is 4.80. The van der Waals surface area contributed by atoms with Gasteiger partial charge in [-0.2, -0.15) is 0 Å². The minimum Gasteiger partial charge on any atom is -0.486 e. The zero-order valence-corrected chi connectivity index (χ0v) is 13.8. The van der Waals surface area contributed by atoms with Crippen LogP contribution in [0.25, 0.3) is 0 Å². The number of hydrogen-bond donors (Lipinski definition) is 1. The van der Waals surface area contributed by atoms with Crippen LogP contribution in [0.3, 0.4) is 0 Å². The average molecular weight is 355 g/mol. The predicted octanol–water partition coefficient (Wildman–Crippen LogP) is 1.89. The molecule has 114 valence electrons. The Hall–Kier alpha value is -1.44. The number of aryl methyl sites for hydroxylation is 1. The number of ether oxygens (including phenoxy) is 2.